The van der Waals surface area contributed by atoms with E-state index in [1.165, 1.54) is 7.11 Å². The Morgan fingerprint density at radius 1 is 1.00 bits per heavy atom. The number of cyclic esters (lactones) is 1. The lowest BCUT2D eigenvalue weighted by molar-refractivity contribution is -0.129. The zero-order valence-corrected chi connectivity index (χ0v) is 17.1. The summed E-state index contributed by atoms with van der Waals surface area (Å²) in [6.07, 6.45) is 1.57. The van der Waals surface area contributed by atoms with Gasteiger partial charge in [0.2, 0.25) is 5.90 Å². The van der Waals surface area contributed by atoms with Crippen LogP contribution in [0.15, 0.2) is 83.5 Å². The van der Waals surface area contributed by atoms with Gasteiger partial charge in [-0.15, -0.1) is 0 Å². The van der Waals surface area contributed by atoms with E-state index >= 15 is 0 Å². The highest BCUT2D eigenvalue weighted by molar-refractivity contribution is 6.33. The van der Waals surface area contributed by atoms with Crippen molar-refractivity contribution >= 4 is 35.5 Å². The molecule has 31 heavy (non-hydrogen) atoms. The largest absolute Gasteiger partial charge is 0.493 e. The molecular formula is C24H16ClNO5. The molecule has 0 unspecified atom stereocenters. The molecule has 0 fully saturated rings. The van der Waals surface area contributed by atoms with Crippen LogP contribution < -0.4 is 9.47 Å². The summed E-state index contributed by atoms with van der Waals surface area (Å²) in [5.74, 6) is -0.377. The average Bonchev–Trinajstić information content (AvgIpc) is 3.15. The molecule has 1 aliphatic heterocycles. The summed E-state index contributed by atoms with van der Waals surface area (Å²) in [5, 5.41) is 0.291. The van der Waals surface area contributed by atoms with Crippen molar-refractivity contribution in [2.75, 3.05) is 7.11 Å². The molecule has 6 nitrogen and oxygen atoms in total. The summed E-state index contributed by atoms with van der Waals surface area (Å²) in [7, 11) is 1.45. The van der Waals surface area contributed by atoms with Gasteiger partial charge in [0.1, 0.15) is 0 Å². The third-order valence-corrected chi connectivity index (χ3v) is 4.76. The molecule has 0 aromatic heterocycles. The highest BCUT2D eigenvalue weighted by Crippen LogP contribution is 2.31. The van der Waals surface area contributed by atoms with Crippen LogP contribution in [-0.4, -0.2) is 24.9 Å². The molecule has 7 heteroatoms. The predicted octanol–water partition coefficient (Wildman–Crippen LogP) is 4.91. The Morgan fingerprint density at radius 2 is 1.74 bits per heavy atom. The van der Waals surface area contributed by atoms with E-state index in [-0.39, 0.29) is 22.9 Å². The normalized spacial score (nSPS) is 14.2. The second kappa shape index (κ2) is 8.85. The monoisotopic (exact) mass is 433 g/mol. The number of nitrogens with zero attached hydrogens (tertiary/aromatic N) is 1. The van der Waals surface area contributed by atoms with Crippen molar-refractivity contribution in [3.8, 4) is 11.5 Å². The summed E-state index contributed by atoms with van der Waals surface area (Å²) < 4.78 is 16.0. The Labute approximate surface area is 183 Å². The number of esters is 2. The number of carbonyl (C=O) groups excluding carboxylic acids is 2. The molecule has 154 valence electrons. The third kappa shape index (κ3) is 4.49. The Kier molecular flexibility index (Phi) is 5.82. The second-order valence-corrected chi connectivity index (χ2v) is 6.89. The van der Waals surface area contributed by atoms with Gasteiger partial charge < -0.3 is 14.2 Å². The van der Waals surface area contributed by atoms with Crippen LogP contribution in [0.5, 0.6) is 11.5 Å². The zero-order chi connectivity index (χ0) is 21.8. The van der Waals surface area contributed by atoms with E-state index in [0.29, 0.717) is 21.9 Å². The van der Waals surface area contributed by atoms with Crippen LogP contribution in [0.25, 0.3) is 6.08 Å². The molecular weight excluding hydrogens is 418 g/mol. The van der Waals surface area contributed by atoms with Crippen LogP contribution in [0, 0.1) is 0 Å². The van der Waals surface area contributed by atoms with E-state index in [9.17, 15) is 9.59 Å². The summed E-state index contributed by atoms with van der Waals surface area (Å²) in [5.41, 5.74) is 1.73. The van der Waals surface area contributed by atoms with Gasteiger partial charge in [-0.1, -0.05) is 48.0 Å². The number of halogens is 1. The number of rotatable bonds is 5. The molecule has 4 rings (SSSR count). The van der Waals surface area contributed by atoms with Crippen LogP contribution in [0.3, 0.4) is 0 Å². The van der Waals surface area contributed by atoms with Gasteiger partial charge in [-0.3, -0.25) is 0 Å². The van der Waals surface area contributed by atoms with Gasteiger partial charge in [0.25, 0.3) is 0 Å². The number of methoxy groups -OCH3 is 1. The van der Waals surface area contributed by atoms with E-state index in [1.54, 1.807) is 60.7 Å². The molecule has 0 saturated heterocycles. The molecule has 0 spiro atoms. The van der Waals surface area contributed by atoms with E-state index in [4.69, 9.17) is 25.8 Å². The fraction of sp³-hybridized carbons (Fsp3) is 0.0417. The van der Waals surface area contributed by atoms with Crippen molar-refractivity contribution in [2.45, 2.75) is 0 Å². The molecule has 0 N–H and O–H groups in total. The maximum atomic E-state index is 12.4. The average molecular weight is 434 g/mol. The minimum Gasteiger partial charge on any atom is -0.493 e. The molecule has 3 aromatic carbocycles. The second-order valence-electron chi connectivity index (χ2n) is 6.48. The van der Waals surface area contributed by atoms with Gasteiger partial charge in [0.15, 0.2) is 17.2 Å². The minimum absolute atomic E-state index is 0.154. The highest BCUT2D eigenvalue weighted by atomic mass is 35.5. The van der Waals surface area contributed by atoms with E-state index in [1.807, 2.05) is 18.2 Å². The van der Waals surface area contributed by atoms with Crippen molar-refractivity contribution in [3.63, 3.8) is 0 Å². The fourth-order valence-electron chi connectivity index (χ4n) is 2.91. The Hall–Kier alpha value is -3.90. The topological polar surface area (TPSA) is 74.2 Å². The Balaban J connectivity index is 1.58. The Bertz CT molecular complexity index is 1220. The van der Waals surface area contributed by atoms with Crippen LogP contribution in [0.2, 0.25) is 5.02 Å². The van der Waals surface area contributed by atoms with Crippen LogP contribution in [-0.2, 0) is 9.53 Å². The SMILES string of the molecule is COc1cc(C=C2N=C(c3ccccc3)OC2=O)ccc1OC(=O)c1ccccc1Cl. The first kappa shape index (κ1) is 20.4. The zero-order valence-electron chi connectivity index (χ0n) is 16.4. The maximum absolute atomic E-state index is 12.4. The third-order valence-electron chi connectivity index (χ3n) is 4.43. The molecule has 0 radical (unpaired) electrons. The van der Waals surface area contributed by atoms with Crippen LogP contribution >= 0.6 is 11.6 Å². The number of hydrogen-bond donors (Lipinski definition) is 0. The van der Waals surface area contributed by atoms with E-state index < -0.39 is 11.9 Å². The lowest BCUT2D eigenvalue weighted by atomic mass is 10.1. The molecule has 0 aliphatic carbocycles. The summed E-state index contributed by atoms with van der Waals surface area (Å²) in [4.78, 5) is 28.9. The molecule has 0 bridgehead atoms. The van der Waals surface area contributed by atoms with Gasteiger partial charge in [-0.2, -0.15) is 0 Å². The van der Waals surface area contributed by atoms with Crippen molar-refractivity contribution in [1.82, 2.24) is 0 Å². The summed E-state index contributed by atoms with van der Waals surface area (Å²) in [6.45, 7) is 0. The highest BCUT2D eigenvalue weighted by Gasteiger charge is 2.24. The number of carbonyl (C=O) groups is 2. The fourth-order valence-corrected chi connectivity index (χ4v) is 3.12. The van der Waals surface area contributed by atoms with Crippen LogP contribution in [0.4, 0.5) is 0 Å². The Morgan fingerprint density at radius 3 is 2.48 bits per heavy atom. The summed E-state index contributed by atoms with van der Waals surface area (Å²) in [6, 6.07) is 20.6. The quantitative estimate of drug-likeness (QED) is 0.324. The van der Waals surface area contributed by atoms with Crippen molar-refractivity contribution < 1.29 is 23.8 Å². The van der Waals surface area contributed by atoms with Gasteiger partial charge in [-0.05, 0) is 48.0 Å². The number of ether oxygens (including phenoxy) is 3. The van der Waals surface area contributed by atoms with Gasteiger partial charge in [0.05, 0.1) is 17.7 Å². The number of aliphatic imine (C=N–C) groups is 1. The van der Waals surface area contributed by atoms with Crippen molar-refractivity contribution in [2.24, 2.45) is 4.99 Å². The first-order valence-electron chi connectivity index (χ1n) is 9.28. The molecule has 0 atom stereocenters. The van der Waals surface area contributed by atoms with Gasteiger partial charge in [-0.25, -0.2) is 14.6 Å². The van der Waals surface area contributed by atoms with Crippen LogP contribution in [0.1, 0.15) is 21.5 Å². The first-order chi connectivity index (χ1) is 15.0. The predicted molar refractivity (Wildman–Crippen MR) is 116 cm³/mol. The van der Waals surface area contributed by atoms with Crippen molar-refractivity contribution in [1.29, 1.82) is 0 Å². The first-order valence-corrected chi connectivity index (χ1v) is 9.65. The number of benzene rings is 3. The van der Waals surface area contributed by atoms with Gasteiger partial charge in [0, 0.05) is 5.56 Å². The molecule has 1 aliphatic rings. The molecule has 0 amide bonds. The van der Waals surface area contributed by atoms with Gasteiger partial charge >= 0.3 is 11.9 Å². The molecule has 0 saturated carbocycles. The molecule has 3 aromatic rings. The minimum atomic E-state index is -0.605. The maximum Gasteiger partial charge on any atom is 0.363 e. The van der Waals surface area contributed by atoms with E-state index in [2.05, 4.69) is 4.99 Å². The lowest BCUT2D eigenvalue weighted by Crippen LogP contribution is -2.09. The van der Waals surface area contributed by atoms with E-state index in [0.717, 1.165) is 0 Å². The molecule has 1 heterocycles. The van der Waals surface area contributed by atoms with Crippen molar-refractivity contribution in [3.05, 3.63) is 100 Å². The standard InChI is InChI=1S/C24H16ClNO5/c1-29-21-14-15(11-12-20(21)30-23(27)17-9-5-6-10-18(17)25)13-19-24(28)31-22(26-19)16-7-3-2-4-8-16/h2-14H,1H3. The summed E-state index contributed by atoms with van der Waals surface area (Å²) >= 11 is 6.05. The number of hydrogen-bond acceptors (Lipinski definition) is 6. The smallest absolute Gasteiger partial charge is 0.363 e. The lowest BCUT2D eigenvalue weighted by Gasteiger charge is -2.10.